The molecule has 5 rings (SSSR count). The van der Waals surface area contributed by atoms with Gasteiger partial charge in [-0.2, -0.15) is 10.2 Å². The van der Waals surface area contributed by atoms with E-state index in [2.05, 4.69) is 30.9 Å². The van der Waals surface area contributed by atoms with E-state index in [-0.39, 0.29) is 5.54 Å². The van der Waals surface area contributed by atoms with Crippen LogP contribution in [0, 0.1) is 0 Å². The van der Waals surface area contributed by atoms with Crippen LogP contribution in [0.5, 0.6) is 0 Å². The molecular formula is C19H25ClFN7O2. The van der Waals surface area contributed by atoms with Crippen molar-refractivity contribution < 1.29 is 14.3 Å². The normalized spacial score (nSPS) is 16.8. The van der Waals surface area contributed by atoms with Gasteiger partial charge in [0.2, 0.25) is 0 Å². The second-order valence-corrected chi connectivity index (χ2v) is 7.94. The lowest BCUT2D eigenvalue weighted by Gasteiger charge is -2.04. The van der Waals surface area contributed by atoms with Gasteiger partial charge in [-0.15, -0.1) is 0 Å². The summed E-state index contributed by atoms with van der Waals surface area (Å²) in [7, 11) is 0. The van der Waals surface area contributed by atoms with Gasteiger partial charge in [0.1, 0.15) is 17.5 Å². The maximum absolute atomic E-state index is 11.9. The van der Waals surface area contributed by atoms with Gasteiger partial charge >= 0.3 is 6.09 Å². The molecule has 3 aromatic rings. The maximum Gasteiger partial charge on any atom is 0.405 e. The summed E-state index contributed by atoms with van der Waals surface area (Å²) >= 11 is 6.03. The van der Waals surface area contributed by atoms with E-state index in [0.717, 1.165) is 49.9 Å². The quantitative estimate of drug-likeness (QED) is 0.477. The van der Waals surface area contributed by atoms with E-state index in [1.54, 1.807) is 35.4 Å². The summed E-state index contributed by atoms with van der Waals surface area (Å²) in [4.78, 5) is 14.2. The predicted molar refractivity (Wildman–Crippen MR) is 112 cm³/mol. The van der Waals surface area contributed by atoms with Crippen molar-refractivity contribution in [3.05, 3.63) is 35.9 Å². The van der Waals surface area contributed by atoms with Crippen LogP contribution < -0.4 is 10.6 Å². The molecule has 162 valence electrons. The highest BCUT2D eigenvalue weighted by molar-refractivity contribution is 6.34. The van der Waals surface area contributed by atoms with Crippen molar-refractivity contribution in [2.75, 3.05) is 5.32 Å². The number of rotatable bonds is 3. The molecule has 0 aromatic carbocycles. The van der Waals surface area contributed by atoms with E-state index >= 15 is 0 Å². The molecule has 9 nitrogen and oxygen atoms in total. The van der Waals surface area contributed by atoms with Gasteiger partial charge in [-0.25, -0.2) is 18.7 Å². The summed E-state index contributed by atoms with van der Waals surface area (Å²) < 4.78 is 13.6. The summed E-state index contributed by atoms with van der Waals surface area (Å²) in [6.07, 6.45) is 11.1. The Labute approximate surface area is 178 Å². The zero-order valence-corrected chi connectivity index (χ0v) is 17.4. The van der Waals surface area contributed by atoms with E-state index in [0.29, 0.717) is 10.8 Å². The molecule has 0 bridgehead atoms. The van der Waals surface area contributed by atoms with Crippen LogP contribution in [0.15, 0.2) is 30.9 Å². The number of H-pyrrole nitrogens is 1. The van der Waals surface area contributed by atoms with Crippen LogP contribution in [0.4, 0.5) is 20.8 Å². The van der Waals surface area contributed by atoms with Crippen LogP contribution in [-0.4, -0.2) is 47.7 Å². The molecular weight excluding hydrogens is 413 g/mol. The highest BCUT2D eigenvalue weighted by atomic mass is 35.5. The second-order valence-electron chi connectivity index (χ2n) is 7.53. The van der Waals surface area contributed by atoms with Crippen molar-refractivity contribution in [3.8, 4) is 0 Å². The number of aromatic nitrogens is 5. The SMILES string of the molecule is CC1(NC(=O)O)CC1.Clc1cnn2ccnc(Nc3ccn[nH]3)c12.FC1CCCC1. The summed E-state index contributed by atoms with van der Waals surface area (Å²) in [5.74, 6) is 1.38. The number of amides is 1. The second kappa shape index (κ2) is 9.75. The highest BCUT2D eigenvalue weighted by Crippen LogP contribution is 2.33. The summed E-state index contributed by atoms with van der Waals surface area (Å²) in [5, 5.41) is 24.9. The Hall–Kier alpha value is -2.88. The Kier molecular flexibility index (Phi) is 7.09. The van der Waals surface area contributed by atoms with Gasteiger partial charge < -0.3 is 15.7 Å². The molecule has 2 saturated carbocycles. The number of nitrogens with one attached hydrogen (secondary N) is 3. The molecule has 11 heteroatoms. The van der Waals surface area contributed by atoms with Crippen LogP contribution in [0.2, 0.25) is 5.02 Å². The molecule has 4 N–H and O–H groups in total. The van der Waals surface area contributed by atoms with Crippen molar-refractivity contribution in [2.45, 2.75) is 57.2 Å². The van der Waals surface area contributed by atoms with E-state index in [1.807, 2.05) is 6.92 Å². The third-order valence-electron chi connectivity index (χ3n) is 4.83. The van der Waals surface area contributed by atoms with Gasteiger partial charge in [0.05, 0.1) is 17.4 Å². The first-order valence-electron chi connectivity index (χ1n) is 9.76. The van der Waals surface area contributed by atoms with Crippen LogP contribution in [-0.2, 0) is 0 Å². The van der Waals surface area contributed by atoms with Crippen molar-refractivity contribution in [3.63, 3.8) is 0 Å². The average Bonchev–Trinajstić information content (AvgIpc) is 3.14. The van der Waals surface area contributed by atoms with Crippen molar-refractivity contribution >= 4 is 34.8 Å². The maximum atomic E-state index is 11.9. The third-order valence-corrected chi connectivity index (χ3v) is 5.11. The number of halogens is 2. The van der Waals surface area contributed by atoms with Crippen molar-refractivity contribution in [1.29, 1.82) is 0 Å². The van der Waals surface area contributed by atoms with Crippen LogP contribution in [0.25, 0.3) is 5.52 Å². The van der Waals surface area contributed by atoms with Crippen molar-refractivity contribution in [2.24, 2.45) is 0 Å². The Bertz CT molecular complexity index is 953. The highest BCUT2D eigenvalue weighted by Gasteiger charge is 2.38. The Morgan fingerprint density at radius 2 is 2.10 bits per heavy atom. The van der Waals surface area contributed by atoms with Crippen molar-refractivity contribution in [1.82, 2.24) is 30.1 Å². The number of hydrogen-bond donors (Lipinski definition) is 4. The Morgan fingerprint density at radius 3 is 2.60 bits per heavy atom. The molecule has 2 aliphatic rings. The van der Waals surface area contributed by atoms with Gasteiger partial charge in [-0.05, 0) is 32.6 Å². The predicted octanol–water partition coefficient (Wildman–Crippen LogP) is 4.55. The van der Waals surface area contributed by atoms with Crippen LogP contribution in [0.3, 0.4) is 0 Å². The Balaban J connectivity index is 0.000000152. The molecule has 2 fully saturated rings. The fourth-order valence-corrected chi connectivity index (χ4v) is 3.12. The number of nitrogens with zero attached hydrogens (tertiary/aromatic N) is 4. The van der Waals surface area contributed by atoms with Crippen LogP contribution in [0.1, 0.15) is 45.4 Å². The largest absolute Gasteiger partial charge is 0.465 e. The molecule has 1 amide bonds. The lowest BCUT2D eigenvalue weighted by atomic mass is 10.3. The van der Waals surface area contributed by atoms with Gasteiger partial charge in [0, 0.05) is 24.0 Å². The molecule has 2 aliphatic carbocycles. The fraction of sp³-hybridized carbons (Fsp3) is 0.474. The van der Waals surface area contributed by atoms with Gasteiger partial charge in [-0.3, -0.25) is 5.10 Å². The summed E-state index contributed by atoms with van der Waals surface area (Å²) in [6, 6.07) is 1.80. The molecule has 3 heterocycles. The van der Waals surface area contributed by atoms with Gasteiger partial charge in [0.25, 0.3) is 0 Å². The molecule has 0 aliphatic heterocycles. The number of alkyl halides is 1. The molecule has 0 spiro atoms. The molecule has 0 unspecified atom stereocenters. The molecule has 0 saturated heterocycles. The summed E-state index contributed by atoms with van der Waals surface area (Å²) in [6.45, 7) is 1.90. The van der Waals surface area contributed by atoms with E-state index < -0.39 is 12.3 Å². The summed E-state index contributed by atoms with van der Waals surface area (Å²) in [5.41, 5.74) is 0.657. The minimum Gasteiger partial charge on any atom is -0.465 e. The first-order valence-corrected chi connectivity index (χ1v) is 10.1. The van der Waals surface area contributed by atoms with Gasteiger partial charge in [0.15, 0.2) is 5.82 Å². The number of anilines is 2. The standard InChI is InChI=1S/C9H7ClN6.C5H9F.C5H9NO2/c10-6-5-13-16-4-3-11-9(8(6)16)14-7-1-2-12-15-7;6-5-3-1-2-4-5;1-5(2-3-5)6-4(7)8/h1-5H,(H2,11,12,14,15);5H,1-4H2;6H,2-3H2,1H3,(H,7,8). The average molecular weight is 438 g/mol. The lowest BCUT2D eigenvalue weighted by molar-refractivity contribution is 0.189. The minimum absolute atomic E-state index is 0.0775. The minimum atomic E-state index is -0.912. The van der Waals surface area contributed by atoms with E-state index in [1.165, 1.54) is 0 Å². The lowest BCUT2D eigenvalue weighted by Crippen LogP contribution is -2.32. The molecule has 3 aromatic heterocycles. The zero-order chi connectivity index (χ0) is 21.6. The number of hydrogen-bond acceptors (Lipinski definition) is 5. The number of aromatic amines is 1. The smallest absolute Gasteiger partial charge is 0.405 e. The first-order chi connectivity index (χ1) is 14.4. The zero-order valence-electron chi connectivity index (χ0n) is 16.6. The molecule has 30 heavy (non-hydrogen) atoms. The Morgan fingerprint density at radius 1 is 1.37 bits per heavy atom. The van der Waals surface area contributed by atoms with Gasteiger partial charge in [-0.1, -0.05) is 24.4 Å². The number of carbonyl (C=O) groups is 1. The topological polar surface area (TPSA) is 120 Å². The number of carboxylic acid groups (broad SMARTS) is 1. The van der Waals surface area contributed by atoms with E-state index in [9.17, 15) is 9.18 Å². The number of fused-ring (bicyclic) bond motifs is 1. The first kappa shape index (κ1) is 21.8. The molecule has 0 radical (unpaired) electrons. The third kappa shape index (κ3) is 6.31. The van der Waals surface area contributed by atoms with Crippen LogP contribution >= 0.6 is 11.6 Å². The van der Waals surface area contributed by atoms with E-state index in [4.69, 9.17) is 16.7 Å². The monoisotopic (exact) mass is 437 g/mol. The fourth-order valence-electron chi connectivity index (χ4n) is 2.90. The molecule has 0 atom stereocenters.